The summed E-state index contributed by atoms with van der Waals surface area (Å²) < 4.78 is 0. The molecule has 21 heavy (non-hydrogen) atoms. The summed E-state index contributed by atoms with van der Waals surface area (Å²) >= 11 is 1.81. The Bertz CT molecular complexity index is 400. The predicted octanol–water partition coefficient (Wildman–Crippen LogP) is 3.16. The van der Waals surface area contributed by atoms with E-state index in [4.69, 9.17) is 0 Å². The van der Waals surface area contributed by atoms with Gasteiger partial charge in [-0.3, -0.25) is 4.90 Å². The zero-order valence-corrected chi connectivity index (χ0v) is 13.8. The van der Waals surface area contributed by atoms with Gasteiger partial charge in [0.05, 0.1) is 0 Å². The monoisotopic (exact) mass is 309 g/mol. The number of carbonyl (C=O) groups excluding carboxylic acids is 1. The van der Waals surface area contributed by atoms with Gasteiger partial charge in [0.15, 0.2) is 0 Å². The maximum Gasteiger partial charge on any atom is 0.317 e. The third-order valence-electron chi connectivity index (χ3n) is 3.93. The van der Waals surface area contributed by atoms with Crippen LogP contribution in [-0.2, 0) is 6.54 Å². The van der Waals surface area contributed by atoms with Gasteiger partial charge in [-0.2, -0.15) is 0 Å². The molecule has 2 amide bonds. The number of carbonyl (C=O) groups is 1. The fourth-order valence-corrected chi connectivity index (χ4v) is 3.34. The van der Waals surface area contributed by atoms with Crippen molar-refractivity contribution < 1.29 is 4.79 Å². The molecule has 0 atom stereocenters. The number of nitrogens with zero attached hydrogens (tertiary/aromatic N) is 2. The summed E-state index contributed by atoms with van der Waals surface area (Å²) in [6.07, 6.45) is 4.81. The van der Waals surface area contributed by atoms with E-state index in [9.17, 15) is 4.79 Å². The molecule has 1 aliphatic heterocycles. The van der Waals surface area contributed by atoms with Crippen LogP contribution in [0.3, 0.4) is 0 Å². The summed E-state index contributed by atoms with van der Waals surface area (Å²) in [6.45, 7) is 7.66. The van der Waals surface area contributed by atoms with Crippen LogP contribution in [0.5, 0.6) is 0 Å². The molecular formula is C16H27N3OS. The molecule has 1 fully saturated rings. The van der Waals surface area contributed by atoms with Crippen molar-refractivity contribution in [2.24, 2.45) is 0 Å². The molecule has 1 N–H and O–H groups in total. The molecule has 5 heteroatoms. The average Bonchev–Trinajstić information content (AvgIpc) is 3.00. The van der Waals surface area contributed by atoms with Crippen molar-refractivity contribution >= 4 is 17.4 Å². The summed E-state index contributed by atoms with van der Waals surface area (Å²) in [7, 11) is 0. The number of unbranched alkanes of at least 4 members (excludes halogenated alkanes) is 3. The van der Waals surface area contributed by atoms with E-state index < -0.39 is 0 Å². The topological polar surface area (TPSA) is 35.6 Å². The number of nitrogens with one attached hydrogen (secondary N) is 1. The lowest BCUT2D eigenvalue weighted by atomic mass is 10.2. The summed E-state index contributed by atoms with van der Waals surface area (Å²) in [6, 6.07) is 4.39. The minimum atomic E-state index is 0.113. The summed E-state index contributed by atoms with van der Waals surface area (Å²) in [5, 5.41) is 5.16. The largest absolute Gasteiger partial charge is 0.338 e. The van der Waals surface area contributed by atoms with E-state index in [1.807, 2.05) is 4.90 Å². The van der Waals surface area contributed by atoms with Gasteiger partial charge in [-0.15, -0.1) is 11.3 Å². The van der Waals surface area contributed by atoms with Crippen molar-refractivity contribution in [3.63, 3.8) is 0 Å². The van der Waals surface area contributed by atoms with Crippen LogP contribution in [0, 0.1) is 0 Å². The highest BCUT2D eigenvalue weighted by atomic mass is 32.1. The van der Waals surface area contributed by atoms with Crippen LogP contribution in [0.4, 0.5) is 4.79 Å². The van der Waals surface area contributed by atoms with Crippen LogP contribution >= 0.6 is 11.3 Å². The van der Waals surface area contributed by atoms with Gasteiger partial charge in [-0.05, 0) is 17.9 Å². The Kier molecular flexibility index (Phi) is 7.03. The third-order valence-corrected chi connectivity index (χ3v) is 4.79. The summed E-state index contributed by atoms with van der Waals surface area (Å²) in [5.74, 6) is 0. The van der Waals surface area contributed by atoms with Crippen molar-refractivity contribution in [3.8, 4) is 0 Å². The molecule has 1 saturated heterocycles. The quantitative estimate of drug-likeness (QED) is 0.785. The van der Waals surface area contributed by atoms with Crippen molar-refractivity contribution in [1.29, 1.82) is 0 Å². The number of thiophene rings is 1. The number of hydrogen-bond acceptors (Lipinski definition) is 3. The lowest BCUT2D eigenvalue weighted by Crippen LogP contribution is -2.51. The van der Waals surface area contributed by atoms with Crippen molar-refractivity contribution in [2.75, 3.05) is 32.7 Å². The lowest BCUT2D eigenvalue weighted by Gasteiger charge is -2.34. The molecule has 0 radical (unpaired) electrons. The molecule has 1 aliphatic rings. The van der Waals surface area contributed by atoms with Crippen molar-refractivity contribution in [2.45, 2.75) is 39.2 Å². The molecule has 1 aromatic heterocycles. The molecule has 0 spiro atoms. The highest BCUT2D eigenvalue weighted by Crippen LogP contribution is 2.13. The Morgan fingerprint density at radius 3 is 2.71 bits per heavy atom. The maximum absolute atomic E-state index is 12.1. The number of urea groups is 1. The molecule has 0 aliphatic carbocycles. The fourth-order valence-electron chi connectivity index (χ4n) is 2.59. The second-order valence-electron chi connectivity index (χ2n) is 5.64. The van der Waals surface area contributed by atoms with Crippen LogP contribution in [0.15, 0.2) is 17.5 Å². The fraction of sp³-hybridized carbons (Fsp3) is 0.688. The number of rotatable bonds is 7. The number of piperazine rings is 1. The van der Waals surface area contributed by atoms with Crippen LogP contribution in [-0.4, -0.2) is 48.6 Å². The Balaban J connectivity index is 1.60. The normalized spacial score (nSPS) is 16.1. The average molecular weight is 309 g/mol. The third kappa shape index (κ3) is 5.67. The molecule has 0 bridgehead atoms. The van der Waals surface area contributed by atoms with Gasteiger partial charge < -0.3 is 10.2 Å². The second kappa shape index (κ2) is 9.05. The predicted molar refractivity (Wildman–Crippen MR) is 88.7 cm³/mol. The zero-order valence-electron chi connectivity index (χ0n) is 13.0. The van der Waals surface area contributed by atoms with Crippen LogP contribution < -0.4 is 5.32 Å². The van der Waals surface area contributed by atoms with E-state index in [0.717, 1.165) is 45.7 Å². The highest BCUT2D eigenvalue weighted by molar-refractivity contribution is 7.09. The van der Waals surface area contributed by atoms with E-state index in [0.29, 0.717) is 0 Å². The van der Waals surface area contributed by atoms with E-state index in [2.05, 4.69) is 34.7 Å². The van der Waals surface area contributed by atoms with E-state index in [-0.39, 0.29) is 6.03 Å². The molecule has 2 rings (SSSR count). The standard InChI is InChI=1S/C16H27N3OS/c1-2-3-4-5-8-17-16(20)19-11-9-18(10-12-19)14-15-7-6-13-21-15/h6-7,13H,2-5,8-12,14H2,1H3,(H,17,20). The Morgan fingerprint density at radius 1 is 1.24 bits per heavy atom. The van der Waals surface area contributed by atoms with Crippen LogP contribution in [0.1, 0.15) is 37.5 Å². The van der Waals surface area contributed by atoms with Crippen LogP contribution in [0.25, 0.3) is 0 Å². The number of amides is 2. The molecule has 0 unspecified atom stereocenters. The molecule has 0 saturated carbocycles. The first-order chi connectivity index (χ1) is 10.3. The minimum absolute atomic E-state index is 0.113. The summed E-state index contributed by atoms with van der Waals surface area (Å²) in [4.78, 5) is 17.8. The Morgan fingerprint density at radius 2 is 2.05 bits per heavy atom. The van der Waals surface area contributed by atoms with E-state index >= 15 is 0 Å². The van der Waals surface area contributed by atoms with Crippen molar-refractivity contribution in [3.05, 3.63) is 22.4 Å². The summed E-state index contributed by atoms with van der Waals surface area (Å²) in [5.41, 5.74) is 0. The Hall–Kier alpha value is -1.07. The maximum atomic E-state index is 12.1. The molecular weight excluding hydrogens is 282 g/mol. The first kappa shape index (κ1) is 16.3. The van der Waals surface area contributed by atoms with Gasteiger partial charge in [0.25, 0.3) is 0 Å². The first-order valence-electron chi connectivity index (χ1n) is 8.07. The van der Waals surface area contributed by atoms with E-state index in [1.165, 1.54) is 24.1 Å². The molecule has 118 valence electrons. The van der Waals surface area contributed by atoms with Gasteiger partial charge >= 0.3 is 6.03 Å². The Labute approximate surface area is 132 Å². The van der Waals surface area contributed by atoms with Gasteiger partial charge in [0.2, 0.25) is 0 Å². The van der Waals surface area contributed by atoms with Crippen LogP contribution in [0.2, 0.25) is 0 Å². The molecule has 2 heterocycles. The number of hydrogen-bond donors (Lipinski definition) is 1. The van der Waals surface area contributed by atoms with Crippen molar-refractivity contribution in [1.82, 2.24) is 15.1 Å². The smallest absolute Gasteiger partial charge is 0.317 e. The first-order valence-corrected chi connectivity index (χ1v) is 8.95. The van der Waals surface area contributed by atoms with Gasteiger partial charge in [0.1, 0.15) is 0 Å². The zero-order chi connectivity index (χ0) is 14.9. The molecule has 0 aromatic carbocycles. The van der Waals surface area contributed by atoms with E-state index in [1.54, 1.807) is 11.3 Å². The van der Waals surface area contributed by atoms with Gasteiger partial charge in [0, 0.05) is 44.1 Å². The van der Waals surface area contributed by atoms with Gasteiger partial charge in [-0.25, -0.2) is 4.79 Å². The van der Waals surface area contributed by atoms with Gasteiger partial charge in [-0.1, -0.05) is 32.3 Å². The minimum Gasteiger partial charge on any atom is -0.338 e. The highest BCUT2D eigenvalue weighted by Gasteiger charge is 2.20. The molecule has 4 nitrogen and oxygen atoms in total. The molecule has 1 aromatic rings. The second-order valence-corrected chi connectivity index (χ2v) is 6.67. The lowest BCUT2D eigenvalue weighted by molar-refractivity contribution is 0.136. The SMILES string of the molecule is CCCCCCNC(=O)N1CCN(Cc2cccs2)CC1.